The van der Waals surface area contributed by atoms with Crippen molar-refractivity contribution in [1.29, 1.82) is 0 Å². The summed E-state index contributed by atoms with van der Waals surface area (Å²) in [5, 5.41) is 7.18. The van der Waals surface area contributed by atoms with Gasteiger partial charge in [0.1, 0.15) is 5.82 Å². The smallest absolute Gasteiger partial charge is 0.129 e. The van der Waals surface area contributed by atoms with Crippen molar-refractivity contribution in [1.82, 2.24) is 20.2 Å². The van der Waals surface area contributed by atoms with Crippen molar-refractivity contribution in [2.24, 2.45) is 0 Å². The molecular weight excluding hydrogens is 248 g/mol. The van der Waals surface area contributed by atoms with Crippen LogP contribution in [-0.4, -0.2) is 29.2 Å². The number of nitrogens with one attached hydrogen (secondary N) is 2. The highest BCUT2D eigenvalue weighted by atomic mass is 15.2. The minimum atomic E-state index is 0.0799. The predicted octanol–water partition coefficient (Wildman–Crippen LogP) is 1.73. The first-order valence-corrected chi connectivity index (χ1v) is 7.46. The zero-order valence-electron chi connectivity index (χ0n) is 11.6. The molecule has 0 atom stereocenters. The summed E-state index contributed by atoms with van der Waals surface area (Å²) in [7, 11) is 0. The minimum Gasteiger partial charge on any atom is -0.325 e. The van der Waals surface area contributed by atoms with Crippen LogP contribution in [0.2, 0.25) is 0 Å². The molecule has 1 aromatic heterocycles. The summed E-state index contributed by atoms with van der Waals surface area (Å²) in [5.74, 6) is 1.23. The third-order valence-electron chi connectivity index (χ3n) is 4.61. The van der Waals surface area contributed by atoms with E-state index in [1.807, 2.05) is 6.20 Å². The topological polar surface area (TPSA) is 41.9 Å². The fourth-order valence-electron chi connectivity index (χ4n) is 3.56. The Kier molecular flexibility index (Phi) is 2.86. The third-order valence-corrected chi connectivity index (χ3v) is 4.61. The first-order chi connectivity index (χ1) is 9.89. The maximum absolute atomic E-state index is 4.78. The van der Waals surface area contributed by atoms with Crippen LogP contribution in [0.4, 0.5) is 0 Å². The monoisotopic (exact) mass is 268 g/mol. The number of aromatic nitrogens is 2. The van der Waals surface area contributed by atoms with Gasteiger partial charge in [0.05, 0.1) is 17.4 Å². The maximum Gasteiger partial charge on any atom is 0.129 e. The van der Waals surface area contributed by atoms with Crippen molar-refractivity contribution >= 4 is 0 Å². The highest BCUT2D eigenvalue weighted by Gasteiger charge is 2.40. The SMILES string of the molecule is c1ccc(-c2cnc3n2CCNC32CCNCC2)cc1. The number of piperidine rings is 1. The number of nitrogens with zero attached hydrogens (tertiary/aromatic N) is 2. The van der Waals surface area contributed by atoms with Crippen LogP contribution in [0.15, 0.2) is 36.5 Å². The lowest BCUT2D eigenvalue weighted by molar-refractivity contribution is 0.200. The molecule has 0 bridgehead atoms. The van der Waals surface area contributed by atoms with Gasteiger partial charge >= 0.3 is 0 Å². The van der Waals surface area contributed by atoms with Gasteiger partial charge in [0, 0.05) is 13.1 Å². The van der Waals surface area contributed by atoms with Crippen LogP contribution in [0.5, 0.6) is 0 Å². The van der Waals surface area contributed by atoms with E-state index >= 15 is 0 Å². The summed E-state index contributed by atoms with van der Waals surface area (Å²) in [6.45, 7) is 4.18. The van der Waals surface area contributed by atoms with E-state index in [0.29, 0.717) is 0 Å². The van der Waals surface area contributed by atoms with E-state index in [2.05, 4.69) is 45.5 Å². The largest absolute Gasteiger partial charge is 0.325 e. The molecule has 2 N–H and O–H groups in total. The molecule has 104 valence electrons. The van der Waals surface area contributed by atoms with E-state index in [9.17, 15) is 0 Å². The molecule has 4 rings (SSSR count). The first-order valence-electron chi connectivity index (χ1n) is 7.46. The second kappa shape index (κ2) is 4.72. The van der Waals surface area contributed by atoms with Crippen LogP contribution in [0, 0.1) is 0 Å². The standard InChI is InChI=1S/C16H20N4/c1-2-4-13(5-3-1)14-12-18-15-16(6-8-17-9-7-16)19-10-11-20(14)15/h1-5,12,17,19H,6-11H2. The van der Waals surface area contributed by atoms with E-state index in [1.165, 1.54) is 17.1 Å². The summed E-state index contributed by atoms with van der Waals surface area (Å²) in [4.78, 5) is 4.78. The Hall–Kier alpha value is -1.65. The Bertz CT molecular complexity index is 596. The third kappa shape index (κ3) is 1.79. The summed E-state index contributed by atoms with van der Waals surface area (Å²) < 4.78 is 2.41. The van der Waals surface area contributed by atoms with E-state index in [-0.39, 0.29) is 5.54 Å². The Balaban J connectivity index is 1.80. The van der Waals surface area contributed by atoms with Crippen LogP contribution < -0.4 is 10.6 Å². The van der Waals surface area contributed by atoms with Gasteiger partial charge in [-0.25, -0.2) is 4.98 Å². The van der Waals surface area contributed by atoms with Crippen molar-refractivity contribution in [2.75, 3.05) is 19.6 Å². The number of fused-ring (bicyclic) bond motifs is 2. The Morgan fingerprint density at radius 2 is 1.85 bits per heavy atom. The Labute approximate surface area is 119 Å². The zero-order chi connectivity index (χ0) is 13.4. The summed E-state index contributed by atoms with van der Waals surface area (Å²) in [6.07, 6.45) is 4.29. The summed E-state index contributed by atoms with van der Waals surface area (Å²) in [6, 6.07) is 10.6. The molecule has 20 heavy (non-hydrogen) atoms. The lowest BCUT2D eigenvalue weighted by Gasteiger charge is -2.41. The zero-order valence-corrected chi connectivity index (χ0v) is 11.6. The van der Waals surface area contributed by atoms with Crippen LogP contribution in [0.1, 0.15) is 18.7 Å². The molecule has 1 aromatic carbocycles. The fourth-order valence-corrected chi connectivity index (χ4v) is 3.56. The van der Waals surface area contributed by atoms with Gasteiger partial charge in [-0.2, -0.15) is 0 Å². The molecule has 2 aliphatic heterocycles. The Morgan fingerprint density at radius 1 is 1.05 bits per heavy atom. The van der Waals surface area contributed by atoms with Gasteiger partial charge < -0.3 is 15.2 Å². The Morgan fingerprint density at radius 3 is 2.65 bits per heavy atom. The molecule has 0 radical (unpaired) electrons. The molecule has 0 unspecified atom stereocenters. The summed E-state index contributed by atoms with van der Waals surface area (Å²) >= 11 is 0. The lowest BCUT2D eigenvalue weighted by Crippen LogP contribution is -2.55. The number of imidazole rings is 1. The normalized spacial score (nSPS) is 20.8. The van der Waals surface area contributed by atoms with Crippen molar-refractivity contribution in [3.05, 3.63) is 42.4 Å². The van der Waals surface area contributed by atoms with Gasteiger partial charge in [0.15, 0.2) is 0 Å². The molecular formula is C16H20N4. The highest BCUT2D eigenvalue weighted by molar-refractivity contribution is 5.59. The van der Waals surface area contributed by atoms with Crippen molar-refractivity contribution < 1.29 is 0 Å². The molecule has 3 heterocycles. The van der Waals surface area contributed by atoms with Crippen LogP contribution in [0.25, 0.3) is 11.3 Å². The van der Waals surface area contributed by atoms with E-state index in [0.717, 1.165) is 39.0 Å². The molecule has 1 fully saturated rings. The fraction of sp³-hybridized carbons (Fsp3) is 0.438. The van der Waals surface area contributed by atoms with Crippen molar-refractivity contribution in [3.63, 3.8) is 0 Å². The lowest BCUT2D eigenvalue weighted by atomic mass is 9.86. The van der Waals surface area contributed by atoms with Gasteiger partial charge in [-0.1, -0.05) is 30.3 Å². The summed E-state index contributed by atoms with van der Waals surface area (Å²) in [5.41, 5.74) is 2.59. The number of rotatable bonds is 1. The second-order valence-corrected chi connectivity index (χ2v) is 5.74. The van der Waals surface area contributed by atoms with Crippen LogP contribution in [-0.2, 0) is 12.1 Å². The van der Waals surface area contributed by atoms with E-state index in [4.69, 9.17) is 4.98 Å². The van der Waals surface area contributed by atoms with Gasteiger partial charge in [-0.3, -0.25) is 0 Å². The van der Waals surface area contributed by atoms with Crippen LogP contribution in [0.3, 0.4) is 0 Å². The molecule has 0 aliphatic carbocycles. The second-order valence-electron chi connectivity index (χ2n) is 5.74. The molecule has 4 nitrogen and oxygen atoms in total. The molecule has 0 amide bonds. The average Bonchev–Trinajstić information content (AvgIpc) is 2.95. The van der Waals surface area contributed by atoms with Gasteiger partial charge in [-0.05, 0) is 31.5 Å². The molecule has 1 spiro atoms. The van der Waals surface area contributed by atoms with Crippen molar-refractivity contribution in [2.45, 2.75) is 24.9 Å². The first kappa shape index (κ1) is 12.1. The van der Waals surface area contributed by atoms with Crippen LogP contribution >= 0.6 is 0 Å². The molecule has 4 heteroatoms. The molecule has 2 aromatic rings. The number of hydrogen-bond acceptors (Lipinski definition) is 3. The molecule has 2 aliphatic rings. The van der Waals surface area contributed by atoms with Crippen molar-refractivity contribution in [3.8, 4) is 11.3 Å². The minimum absolute atomic E-state index is 0.0799. The molecule has 1 saturated heterocycles. The number of hydrogen-bond donors (Lipinski definition) is 2. The van der Waals surface area contributed by atoms with Gasteiger partial charge in [-0.15, -0.1) is 0 Å². The maximum atomic E-state index is 4.78. The average molecular weight is 268 g/mol. The number of benzene rings is 1. The van der Waals surface area contributed by atoms with E-state index < -0.39 is 0 Å². The van der Waals surface area contributed by atoms with Gasteiger partial charge in [0.25, 0.3) is 0 Å². The molecule has 0 saturated carbocycles. The highest BCUT2D eigenvalue weighted by Crippen LogP contribution is 2.34. The predicted molar refractivity (Wildman–Crippen MR) is 79.4 cm³/mol. The van der Waals surface area contributed by atoms with E-state index in [1.54, 1.807) is 0 Å². The quantitative estimate of drug-likeness (QED) is 0.827. The van der Waals surface area contributed by atoms with Gasteiger partial charge in [0.2, 0.25) is 0 Å².